The lowest BCUT2D eigenvalue weighted by Crippen LogP contribution is -2.63. The van der Waals surface area contributed by atoms with Crippen LogP contribution in [0.1, 0.15) is 93.4 Å². The minimum absolute atomic E-state index is 0.00798. The molecule has 0 aromatic rings. The van der Waals surface area contributed by atoms with Crippen molar-refractivity contribution < 1.29 is 23.5 Å². The van der Waals surface area contributed by atoms with Crippen molar-refractivity contribution >= 4 is 11.9 Å². The lowest BCUT2D eigenvalue weighted by molar-refractivity contribution is -0.177. The third-order valence-corrected chi connectivity index (χ3v) is 13.4. The summed E-state index contributed by atoms with van der Waals surface area (Å²) >= 11 is 0. The van der Waals surface area contributed by atoms with E-state index in [1.807, 2.05) is 0 Å². The van der Waals surface area contributed by atoms with Gasteiger partial charge in [-0.15, -0.1) is 0 Å². The number of fused-ring (bicyclic) bond motifs is 7. The number of carbonyl (C=O) groups is 2. The molecular formula is C33H49FO4. The number of ether oxygens (including phenoxy) is 2. The first-order valence-corrected chi connectivity index (χ1v) is 15.0. The van der Waals surface area contributed by atoms with Gasteiger partial charge in [-0.1, -0.05) is 59.3 Å². The molecule has 0 aliphatic heterocycles. The van der Waals surface area contributed by atoms with E-state index in [-0.39, 0.29) is 45.4 Å². The molecule has 0 aromatic heterocycles. The van der Waals surface area contributed by atoms with Crippen molar-refractivity contribution in [3.8, 4) is 0 Å². The molecule has 10 atom stereocenters. The fourth-order valence-corrected chi connectivity index (χ4v) is 11.0. The van der Waals surface area contributed by atoms with Crippen molar-refractivity contribution in [2.24, 2.45) is 56.7 Å². The number of esters is 2. The highest BCUT2D eigenvalue weighted by atomic mass is 19.1. The Kier molecular flexibility index (Phi) is 6.56. The van der Waals surface area contributed by atoms with E-state index in [0.29, 0.717) is 24.4 Å². The molecule has 5 unspecified atom stereocenters. The van der Waals surface area contributed by atoms with E-state index in [9.17, 15) is 14.0 Å². The van der Waals surface area contributed by atoms with E-state index in [0.717, 1.165) is 50.5 Å². The fourth-order valence-electron chi connectivity index (χ4n) is 11.0. The van der Waals surface area contributed by atoms with Crippen molar-refractivity contribution in [3.05, 3.63) is 23.3 Å². The summed E-state index contributed by atoms with van der Waals surface area (Å²) in [6.45, 7) is 15.4. The standard InChI is InChI=1S/C33H49FO4/c1-20-11-14-33(28(36)37-8)16-15-30(5)24(27(33)21(20)2)9-10-26-31(30,6)13-12-25-29(4,19-38-22(3)35)17-23(18-34)32(25,26)7/h9,17,20-21,25-27H,10-16,18-19H2,1-8H3/t20-,21+,25?,26?,27?,29?,30-,31-,32+,33?/m1/s1. The van der Waals surface area contributed by atoms with Crippen LogP contribution in [0.5, 0.6) is 0 Å². The second-order valence-corrected chi connectivity index (χ2v) is 14.7. The van der Waals surface area contributed by atoms with Crippen LogP contribution in [0.2, 0.25) is 0 Å². The van der Waals surface area contributed by atoms with E-state index in [1.54, 1.807) is 7.11 Å². The van der Waals surface area contributed by atoms with Crippen LogP contribution in [0.3, 0.4) is 0 Å². The molecule has 38 heavy (non-hydrogen) atoms. The van der Waals surface area contributed by atoms with Crippen LogP contribution in [-0.4, -0.2) is 32.3 Å². The van der Waals surface area contributed by atoms with E-state index in [4.69, 9.17) is 9.47 Å². The van der Waals surface area contributed by atoms with Gasteiger partial charge in [-0.3, -0.25) is 9.59 Å². The summed E-state index contributed by atoms with van der Waals surface area (Å²) < 4.78 is 25.9. The van der Waals surface area contributed by atoms with Gasteiger partial charge in [0.25, 0.3) is 0 Å². The number of methoxy groups -OCH3 is 1. The van der Waals surface area contributed by atoms with Crippen molar-refractivity contribution in [2.75, 3.05) is 20.4 Å². The maximum Gasteiger partial charge on any atom is 0.312 e. The lowest BCUT2D eigenvalue weighted by atomic mass is 9.35. The second-order valence-electron chi connectivity index (χ2n) is 14.7. The van der Waals surface area contributed by atoms with Crippen molar-refractivity contribution in [3.63, 3.8) is 0 Å². The molecule has 0 N–H and O–H groups in total. The smallest absolute Gasteiger partial charge is 0.312 e. The molecule has 5 heteroatoms. The largest absolute Gasteiger partial charge is 0.469 e. The summed E-state index contributed by atoms with van der Waals surface area (Å²) in [6.07, 6.45) is 11.4. The zero-order chi connectivity index (χ0) is 27.9. The first kappa shape index (κ1) is 27.9. The maximum atomic E-state index is 14.8. The maximum absolute atomic E-state index is 14.8. The average molecular weight is 529 g/mol. The fraction of sp³-hybridized carbons (Fsp3) is 0.818. The van der Waals surface area contributed by atoms with Gasteiger partial charge in [0.2, 0.25) is 0 Å². The molecule has 0 aromatic carbocycles. The Hall–Kier alpha value is -1.65. The highest BCUT2D eigenvalue weighted by molar-refractivity contribution is 5.78. The SMILES string of the molecule is COC(=O)C12CC[C@@H](C)[C@H](C)C1C1=CCC3[C@@]4(C)C(CF)=CC(C)(COC(C)=O)C4CC[C@@]3(C)[C@]1(C)CC2. The van der Waals surface area contributed by atoms with Gasteiger partial charge in [0.15, 0.2) is 0 Å². The third-order valence-electron chi connectivity index (χ3n) is 13.4. The van der Waals surface area contributed by atoms with Crippen LogP contribution in [0.15, 0.2) is 23.3 Å². The normalized spacial score (nSPS) is 49.4. The highest BCUT2D eigenvalue weighted by Gasteiger charge is 2.70. The molecule has 3 saturated carbocycles. The van der Waals surface area contributed by atoms with Crippen LogP contribution >= 0.6 is 0 Å². The number of hydrogen-bond acceptors (Lipinski definition) is 4. The molecule has 212 valence electrons. The zero-order valence-electron chi connectivity index (χ0n) is 24.9. The Morgan fingerprint density at radius 3 is 2.37 bits per heavy atom. The van der Waals surface area contributed by atoms with Crippen LogP contribution in [0, 0.1) is 56.7 Å². The second kappa shape index (κ2) is 8.93. The molecule has 0 spiro atoms. The van der Waals surface area contributed by atoms with Gasteiger partial charge in [-0.05, 0) is 96.4 Å². The molecule has 0 radical (unpaired) electrons. The Morgan fingerprint density at radius 1 is 1.03 bits per heavy atom. The molecule has 0 bridgehead atoms. The Labute approximate surface area is 229 Å². The van der Waals surface area contributed by atoms with Crippen molar-refractivity contribution in [1.29, 1.82) is 0 Å². The summed E-state index contributed by atoms with van der Waals surface area (Å²) in [4.78, 5) is 25.2. The monoisotopic (exact) mass is 528 g/mol. The van der Waals surface area contributed by atoms with Crippen LogP contribution in [0.4, 0.5) is 4.39 Å². The molecular weight excluding hydrogens is 479 g/mol. The summed E-state index contributed by atoms with van der Waals surface area (Å²) in [5.41, 5.74) is 1.27. The van der Waals surface area contributed by atoms with Crippen molar-refractivity contribution in [2.45, 2.75) is 93.4 Å². The number of hydrogen-bond donors (Lipinski definition) is 0. The first-order valence-electron chi connectivity index (χ1n) is 15.0. The molecule has 3 fully saturated rings. The summed E-state index contributed by atoms with van der Waals surface area (Å²) in [6, 6.07) is 0. The molecule has 5 aliphatic rings. The predicted molar refractivity (Wildman–Crippen MR) is 147 cm³/mol. The highest BCUT2D eigenvalue weighted by Crippen LogP contribution is 2.76. The first-order chi connectivity index (χ1) is 17.7. The predicted octanol–water partition coefficient (Wildman–Crippen LogP) is 7.48. The topological polar surface area (TPSA) is 52.6 Å². The summed E-state index contributed by atoms with van der Waals surface area (Å²) in [5, 5.41) is 0. The number of alkyl halides is 1. The van der Waals surface area contributed by atoms with Gasteiger partial charge in [0.1, 0.15) is 13.3 Å². The average Bonchev–Trinajstić information content (AvgIpc) is 3.11. The quantitative estimate of drug-likeness (QED) is 0.280. The van der Waals surface area contributed by atoms with E-state index in [1.165, 1.54) is 12.5 Å². The van der Waals surface area contributed by atoms with Gasteiger partial charge in [0, 0.05) is 12.3 Å². The van der Waals surface area contributed by atoms with Crippen LogP contribution in [-0.2, 0) is 19.1 Å². The van der Waals surface area contributed by atoms with Crippen LogP contribution < -0.4 is 0 Å². The van der Waals surface area contributed by atoms with E-state index < -0.39 is 12.1 Å². The third kappa shape index (κ3) is 3.38. The van der Waals surface area contributed by atoms with Crippen LogP contribution in [0.25, 0.3) is 0 Å². The Balaban J connectivity index is 1.60. The molecule has 0 saturated heterocycles. The van der Waals surface area contributed by atoms with Gasteiger partial charge in [-0.25, -0.2) is 4.39 Å². The van der Waals surface area contributed by atoms with Gasteiger partial charge >= 0.3 is 11.9 Å². The number of carbonyl (C=O) groups excluding carboxylic acids is 2. The summed E-state index contributed by atoms with van der Waals surface area (Å²) in [5.74, 6) is 1.43. The van der Waals surface area contributed by atoms with Gasteiger partial charge < -0.3 is 9.47 Å². The van der Waals surface area contributed by atoms with Gasteiger partial charge in [-0.2, -0.15) is 0 Å². The zero-order valence-corrected chi connectivity index (χ0v) is 24.9. The number of halogens is 1. The van der Waals surface area contributed by atoms with Crippen molar-refractivity contribution in [1.82, 2.24) is 0 Å². The molecule has 4 nitrogen and oxygen atoms in total. The lowest BCUT2D eigenvalue weighted by Gasteiger charge is -2.69. The molecule has 5 aliphatic carbocycles. The van der Waals surface area contributed by atoms with Gasteiger partial charge in [0.05, 0.1) is 12.5 Å². The molecule has 5 rings (SSSR count). The molecule has 0 amide bonds. The van der Waals surface area contributed by atoms with E-state index >= 15 is 0 Å². The number of allylic oxidation sites excluding steroid dienone is 3. The summed E-state index contributed by atoms with van der Waals surface area (Å²) in [7, 11) is 1.55. The minimum atomic E-state index is -0.453. The Bertz CT molecular complexity index is 1080. The minimum Gasteiger partial charge on any atom is -0.469 e. The molecule has 0 heterocycles. The van der Waals surface area contributed by atoms with E-state index in [2.05, 4.69) is 53.7 Å². The number of rotatable bonds is 4. The Morgan fingerprint density at radius 2 is 1.74 bits per heavy atom.